The molecule has 3 nitrogen and oxygen atoms in total. The zero-order valence-corrected chi connectivity index (χ0v) is 12.5. The average Bonchev–Trinajstić information content (AvgIpc) is 2.44. The number of hydrogen-bond acceptors (Lipinski definition) is 2. The Morgan fingerprint density at radius 1 is 1.47 bits per heavy atom. The minimum Gasteiger partial charge on any atom is -0.317 e. The van der Waals surface area contributed by atoms with Crippen molar-refractivity contribution in [3.63, 3.8) is 0 Å². The van der Waals surface area contributed by atoms with E-state index < -0.39 is 0 Å². The first kappa shape index (κ1) is 14.5. The Morgan fingerprint density at radius 2 is 2.06 bits per heavy atom. The summed E-state index contributed by atoms with van der Waals surface area (Å²) in [6.45, 7) is 8.71. The fourth-order valence-corrected chi connectivity index (χ4v) is 2.56. The lowest BCUT2D eigenvalue weighted by Crippen LogP contribution is -2.30. The van der Waals surface area contributed by atoms with Gasteiger partial charge in [-0.05, 0) is 39.2 Å². The van der Waals surface area contributed by atoms with Crippen molar-refractivity contribution in [3.05, 3.63) is 16.4 Å². The van der Waals surface area contributed by atoms with E-state index in [9.17, 15) is 0 Å². The topological polar surface area (TPSA) is 29.9 Å². The highest BCUT2D eigenvalue weighted by Crippen LogP contribution is 2.31. The fraction of sp³-hybridized carbons (Fsp3) is 0.769. The van der Waals surface area contributed by atoms with Crippen molar-refractivity contribution in [2.75, 3.05) is 7.05 Å². The lowest BCUT2D eigenvalue weighted by molar-refractivity contribution is 0.287. The van der Waals surface area contributed by atoms with Crippen molar-refractivity contribution >= 4 is 11.6 Å². The Kier molecular flexibility index (Phi) is 4.62. The predicted molar refractivity (Wildman–Crippen MR) is 73.6 cm³/mol. The lowest BCUT2D eigenvalue weighted by atomic mass is 9.81. The third-order valence-corrected chi connectivity index (χ3v) is 3.75. The van der Waals surface area contributed by atoms with Crippen LogP contribution in [0.2, 0.25) is 5.02 Å². The molecule has 0 saturated heterocycles. The van der Waals surface area contributed by atoms with Crippen LogP contribution in [0.15, 0.2) is 0 Å². The van der Waals surface area contributed by atoms with Crippen LogP contribution in [0.1, 0.15) is 38.6 Å². The molecule has 0 aliphatic heterocycles. The van der Waals surface area contributed by atoms with E-state index in [1.807, 2.05) is 25.7 Å². The van der Waals surface area contributed by atoms with Crippen molar-refractivity contribution in [1.29, 1.82) is 0 Å². The zero-order chi connectivity index (χ0) is 13.2. The van der Waals surface area contributed by atoms with Crippen molar-refractivity contribution in [2.45, 2.75) is 46.6 Å². The van der Waals surface area contributed by atoms with Crippen molar-refractivity contribution in [3.8, 4) is 0 Å². The molecule has 0 aliphatic carbocycles. The van der Waals surface area contributed by atoms with Crippen LogP contribution in [-0.4, -0.2) is 22.9 Å². The molecule has 0 amide bonds. The standard InChI is InChI=1S/C13H24ClN3/c1-9(15-5)7-13(3,4)8-11-12(14)10(2)16-17(11)6/h9,15H,7-8H2,1-6H3. The molecule has 0 bridgehead atoms. The smallest absolute Gasteiger partial charge is 0.0847 e. The third kappa shape index (κ3) is 3.71. The van der Waals surface area contributed by atoms with Gasteiger partial charge in [0.05, 0.1) is 16.4 Å². The van der Waals surface area contributed by atoms with Gasteiger partial charge in [0, 0.05) is 13.1 Å². The first-order chi connectivity index (χ1) is 7.76. The van der Waals surface area contributed by atoms with Gasteiger partial charge in [-0.1, -0.05) is 25.4 Å². The monoisotopic (exact) mass is 257 g/mol. The Balaban J connectivity index is 2.82. The van der Waals surface area contributed by atoms with Crippen LogP contribution in [0.4, 0.5) is 0 Å². The number of hydrogen-bond donors (Lipinski definition) is 1. The van der Waals surface area contributed by atoms with Gasteiger partial charge < -0.3 is 5.32 Å². The van der Waals surface area contributed by atoms with Crippen LogP contribution in [0.25, 0.3) is 0 Å². The largest absolute Gasteiger partial charge is 0.317 e. The van der Waals surface area contributed by atoms with Gasteiger partial charge >= 0.3 is 0 Å². The molecule has 1 atom stereocenters. The summed E-state index contributed by atoms with van der Waals surface area (Å²) in [5, 5.41) is 8.47. The summed E-state index contributed by atoms with van der Waals surface area (Å²) < 4.78 is 1.91. The van der Waals surface area contributed by atoms with Crippen molar-refractivity contribution < 1.29 is 0 Å². The molecule has 0 aliphatic rings. The maximum atomic E-state index is 6.29. The molecule has 1 heterocycles. The highest BCUT2D eigenvalue weighted by atomic mass is 35.5. The van der Waals surface area contributed by atoms with E-state index in [0.29, 0.717) is 6.04 Å². The second-order valence-electron chi connectivity index (χ2n) is 5.70. The van der Waals surface area contributed by atoms with Gasteiger partial charge in [0.2, 0.25) is 0 Å². The van der Waals surface area contributed by atoms with Crippen LogP contribution in [-0.2, 0) is 13.5 Å². The summed E-state index contributed by atoms with van der Waals surface area (Å²) in [6, 6.07) is 0.512. The number of nitrogens with zero attached hydrogens (tertiary/aromatic N) is 2. The Labute approximate surface area is 110 Å². The van der Waals surface area contributed by atoms with Gasteiger partial charge in [0.1, 0.15) is 0 Å². The normalized spacial score (nSPS) is 14.1. The number of aromatic nitrogens is 2. The lowest BCUT2D eigenvalue weighted by Gasteiger charge is -2.28. The van der Waals surface area contributed by atoms with Crippen LogP contribution in [0.5, 0.6) is 0 Å². The van der Waals surface area contributed by atoms with E-state index in [4.69, 9.17) is 11.6 Å². The molecule has 1 unspecified atom stereocenters. The number of aryl methyl sites for hydroxylation is 2. The molecule has 0 spiro atoms. The molecule has 17 heavy (non-hydrogen) atoms. The summed E-state index contributed by atoms with van der Waals surface area (Å²) in [4.78, 5) is 0. The first-order valence-electron chi connectivity index (χ1n) is 6.12. The molecule has 1 rings (SSSR count). The second kappa shape index (κ2) is 5.40. The van der Waals surface area contributed by atoms with Gasteiger partial charge in [-0.3, -0.25) is 4.68 Å². The number of nitrogens with one attached hydrogen (secondary N) is 1. The van der Waals surface area contributed by atoms with Crippen molar-refractivity contribution in [2.24, 2.45) is 12.5 Å². The van der Waals surface area contributed by atoms with Crippen molar-refractivity contribution in [1.82, 2.24) is 15.1 Å². The molecular formula is C13H24ClN3. The molecule has 1 aromatic heterocycles. The Morgan fingerprint density at radius 3 is 2.47 bits per heavy atom. The summed E-state index contributed by atoms with van der Waals surface area (Å²) >= 11 is 6.29. The third-order valence-electron chi connectivity index (χ3n) is 3.26. The van der Waals surface area contributed by atoms with E-state index in [-0.39, 0.29) is 5.41 Å². The first-order valence-corrected chi connectivity index (χ1v) is 6.50. The van der Waals surface area contributed by atoms with Gasteiger partial charge in [0.15, 0.2) is 0 Å². The van der Waals surface area contributed by atoms with Crippen LogP contribution < -0.4 is 5.32 Å². The maximum absolute atomic E-state index is 6.29. The van der Waals surface area contributed by atoms with Gasteiger partial charge in [-0.15, -0.1) is 0 Å². The van der Waals surface area contributed by atoms with E-state index in [0.717, 1.165) is 29.3 Å². The summed E-state index contributed by atoms with van der Waals surface area (Å²) in [7, 11) is 3.97. The zero-order valence-electron chi connectivity index (χ0n) is 11.8. The van der Waals surface area contributed by atoms with E-state index in [1.54, 1.807) is 0 Å². The minimum atomic E-state index is 0.215. The summed E-state index contributed by atoms with van der Waals surface area (Å²) in [5.74, 6) is 0. The minimum absolute atomic E-state index is 0.215. The van der Waals surface area contributed by atoms with Gasteiger partial charge in [-0.25, -0.2) is 0 Å². The molecule has 0 fully saturated rings. The molecule has 4 heteroatoms. The number of rotatable bonds is 5. The molecular weight excluding hydrogens is 234 g/mol. The average molecular weight is 258 g/mol. The van der Waals surface area contributed by atoms with Crippen LogP contribution in [0.3, 0.4) is 0 Å². The number of halogens is 1. The quantitative estimate of drug-likeness (QED) is 0.879. The Bertz CT molecular complexity index is 382. The fourth-order valence-electron chi connectivity index (χ4n) is 2.33. The van der Waals surface area contributed by atoms with E-state index in [2.05, 4.69) is 31.2 Å². The van der Waals surface area contributed by atoms with E-state index in [1.165, 1.54) is 0 Å². The van der Waals surface area contributed by atoms with Crippen LogP contribution >= 0.6 is 11.6 Å². The van der Waals surface area contributed by atoms with Gasteiger partial charge in [0.25, 0.3) is 0 Å². The molecule has 1 N–H and O–H groups in total. The molecule has 1 aromatic rings. The second-order valence-corrected chi connectivity index (χ2v) is 6.08. The SMILES string of the molecule is CNC(C)CC(C)(C)Cc1c(Cl)c(C)nn1C. The summed E-state index contributed by atoms with van der Waals surface area (Å²) in [6.07, 6.45) is 2.07. The van der Waals surface area contributed by atoms with Crippen LogP contribution in [0, 0.1) is 12.3 Å². The molecule has 98 valence electrons. The highest BCUT2D eigenvalue weighted by molar-refractivity contribution is 6.31. The molecule has 0 saturated carbocycles. The van der Waals surface area contributed by atoms with E-state index >= 15 is 0 Å². The van der Waals surface area contributed by atoms with Gasteiger partial charge in [-0.2, -0.15) is 5.10 Å². The molecule has 0 radical (unpaired) electrons. The highest BCUT2D eigenvalue weighted by Gasteiger charge is 2.24. The predicted octanol–water partition coefficient (Wildman–Crippen LogP) is 2.95. The Hall–Kier alpha value is -0.540. The molecule has 0 aromatic carbocycles. The maximum Gasteiger partial charge on any atom is 0.0847 e. The summed E-state index contributed by atoms with van der Waals surface area (Å²) in [5.41, 5.74) is 2.27.